The summed E-state index contributed by atoms with van der Waals surface area (Å²) < 4.78 is 1.17. The first-order valence-corrected chi connectivity index (χ1v) is 8.93. The lowest BCUT2D eigenvalue weighted by Gasteiger charge is -2.28. The Balaban J connectivity index is 2.17. The quantitative estimate of drug-likeness (QED) is 0.826. The molecule has 1 heterocycles. The summed E-state index contributed by atoms with van der Waals surface area (Å²) in [6.45, 7) is 12.3. The number of nitrogens with zero attached hydrogens (tertiary/aromatic N) is 1. The zero-order valence-electron chi connectivity index (χ0n) is 13.9. The minimum absolute atomic E-state index is 0.146. The van der Waals surface area contributed by atoms with Gasteiger partial charge in [0.1, 0.15) is 0 Å². The van der Waals surface area contributed by atoms with Crippen LogP contribution in [-0.2, 0) is 6.54 Å². The smallest absolute Gasteiger partial charge is 0.0412 e. The van der Waals surface area contributed by atoms with Crippen LogP contribution in [-0.4, -0.2) is 18.6 Å². The molecule has 1 fully saturated rings. The van der Waals surface area contributed by atoms with Crippen molar-refractivity contribution in [1.29, 1.82) is 0 Å². The first-order valence-electron chi connectivity index (χ1n) is 8.13. The highest BCUT2D eigenvalue weighted by Gasteiger charge is 2.18. The highest BCUT2D eigenvalue weighted by atomic mass is 79.9. The molecule has 1 aliphatic rings. The van der Waals surface area contributed by atoms with Gasteiger partial charge < -0.3 is 10.2 Å². The normalized spacial score (nSPS) is 20.4. The second-order valence-electron chi connectivity index (χ2n) is 7.40. The Bertz CT molecular complexity index is 465. The third kappa shape index (κ3) is 5.30. The fourth-order valence-electron chi connectivity index (χ4n) is 2.87. The van der Waals surface area contributed by atoms with Gasteiger partial charge in [0.2, 0.25) is 0 Å². The Morgan fingerprint density at radius 2 is 2.00 bits per heavy atom. The number of benzene rings is 1. The lowest BCUT2D eigenvalue weighted by Crippen LogP contribution is -2.36. The van der Waals surface area contributed by atoms with Gasteiger partial charge in [0.25, 0.3) is 0 Å². The average molecular weight is 353 g/mol. The Labute approximate surface area is 138 Å². The van der Waals surface area contributed by atoms with Crippen LogP contribution in [0.2, 0.25) is 0 Å². The maximum atomic E-state index is 3.62. The Morgan fingerprint density at radius 3 is 2.71 bits per heavy atom. The van der Waals surface area contributed by atoms with E-state index in [-0.39, 0.29) is 5.54 Å². The highest BCUT2D eigenvalue weighted by Crippen LogP contribution is 2.28. The SMILES string of the molecule is CC1CCCN(c2ccc(Br)cc2CNC(C)(C)C)CC1. The van der Waals surface area contributed by atoms with Crippen molar-refractivity contribution >= 4 is 21.6 Å². The summed E-state index contributed by atoms with van der Waals surface area (Å²) >= 11 is 3.62. The number of anilines is 1. The molecular formula is C18H29BrN2. The summed E-state index contributed by atoms with van der Waals surface area (Å²) in [4.78, 5) is 2.58. The van der Waals surface area contributed by atoms with Crippen molar-refractivity contribution in [2.75, 3.05) is 18.0 Å². The molecule has 1 aliphatic heterocycles. The molecule has 3 heteroatoms. The van der Waals surface area contributed by atoms with E-state index >= 15 is 0 Å². The lowest BCUT2D eigenvalue weighted by molar-refractivity contribution is 0.424. The molecular weight excluding hydrogens is 324 g/mol. The van der Waals surface area contributed by atoms with Gasteiger partial charge in [0, 0.05) is 35.3 Å². The number of halogens is 1. The molecule has 2 nitrogen and oxygen atoms in total. The van der Waals surface area contributed by atoms with Gasteiger partial charge in [0.15, 0.2) is 0 Å². The summed E-state index contributed by atoms with van der Waals surface area (Å²) in [5.74, 6) is 0.863. The van der Waals surface area contributed by atoms with E-state index in [9.17, 15) is 0 Å². The van der Waals surface area contributed by atoms with Crippen LogP contribution in [0.25, 0.3) is 0 Å². The van der Waals surface area contributed by atoms with Crippen molar-refractivity contribution < 1.29 is 0 Å². The van der Waals surface area contributed by atoms with Crippen molar-refractivity contribution in [3.05, 3.63) is 28.2 Å². The fraction of sp³-hybridized carbons (Fsp3) is 0.667. The predicted molar refractivity (Wildman–Crippen MR) is 96.0 cm³/mol. The van der Waals surface area contributed by atoms with Crippen molar-refractivity contribution in [3.63, 3.8) is 0 Å². The van der Waals surface area contributed by atoms with Crippen LogP contribution in [0, 0.1) is 5.92 Å². The molecule has 1 aromatic carbocycles. The molecule has 1 N–H and O–H groups in total. The second-order valence-corrected chi connectivity index (χ2v) is 8.32. The molecule has 21 heavy (non-hydrogen) atoms. The molecule has 0 aromatic heterocycles. The van der Waals surface area contributed by atoms with Crippen LogP contribution in [0.3, 0.4) is 0 Å². The Hall–Kier alpha value is -0.540. The number of rotatable bonds is 3. The van der Waals surface area contributed by atoms with Gasteiger partial charge in [-0.05, 0) is 69.7 Å². The molecule has 0 saturated carbocycles. The summed E-state index contributed by atoms with van der Waals surface area (Å²) in [6, 6.07) is 6.71. The third-order valence-electron chi connectivity index (χ3n) is 4.21. The van der Waals surface area contributed by atoms with E-state index in [1.807, 2.05) is 0 Å². The molecule has 118 valence electrons. The first kappa shape index (κ1) is 16.8. The molecule has 1 aromatic rings. The summed E-state index contributed by atoms with van der Waals surface area (Å²) in [5.41, 5.74) is 2.95. The first-order chi connectivity index (χ1) is 9.85. The molecule has 2 rings (SSSR count). The van der Waals surface area contributed by atoms with E-state index < -0.39 is 0 Å². The van der Waals surface area contributed by atoms with E-state index in [1.165, 1.54) is 48.1 Å². The standard InChI is InChI=1S/C18H29BrN2/c1-14-6-5-10-21(11-9-14)17-8-7-16(19)12-15(17)13-20-18(2,3)4/h7-8,12,14,20H,5-6,9-11,13H2,1-4H3. The van der Waals surface area contributed by atoms with Gasteiger partial charge >= 0.3 is 0 Å². The monoisotopic (exact) mass is 352 g/mol. The van der Waals surface area contributed by atoms with Crippen LogP contribution >= 0.6 is 15.9 Å². The Kier molecular flexibility index (Phi) is 5.73. The van der Waals surface area contributed by atoms with Gasteiger partial charge in [-0.3, -0.25) is 0 Å². The molecule has 0 bridgehead atoms. The fourth-order valence-corrected chi connectivity index (χ4v) is 3.28. The lowest BCUT2D eigenvalue weighted by atomic mass is 10.0. The van der Waals surface area contributed by atoms with Crippen molar-refractivity contribution in [3.8, 4) is 0 Å². The van der Waals surface area contributed by atoms with Crippen LogP contribution < -0.4 is 10.2 Å². The molecule has 0 radical (unpaired) electrons. The minimum Gasteiger partial charge on any atom is -0.371 e. The summed E-state index contributed by atoms with van der Waals surface area (Å²) in [6.07, 6.45) is 3.98. The van der Waals surface area contributed by atoms with E-state index in [0.29, 0.717) is 0 Å². The zero-order valence-corrected chi connectivity index (χ0v) is 15.5. The minimum atomic E-state index is 0.146. The largest absolute Gasteiger partial charge is 0.371 e. The summed E-state index contributed by atoms with van der Waals surface area (Å²) in [5, 5.41) is 3.62. The van der Waals surface area contributed by atoms with Crippen molar-refractivity contribution in [2.45, 2.75) is 59.0 Å². The van der Waals surface area contributed by atoms with E-state index in [4.69, 9.17) is 0 Å². The van der Waals surface area contributed by atoms with Gasteiger partial charge in [-0.15, -0.1) is 0 Å². The highest BCUT2D eigenvalue weighted by molar-refractivity contribution is 9.10. The number of hydrogen-bond acceptors (Lipinski definition) is 2. The molecule has 0 amide bonds. The van der Waals surface area contributed by atoms with Crippen molar-refractivity contribution in [1.82, 2.24) is 5.32 Å². The van der Waals surface area contributed by atoms with Gasteiger partial charge in [0.05, 0.1) is 0 Å². The molecule has 1 saturated heterocycles. The van der Waals surface area contributed by atoms with Crippen LogP contribution in [0.15, 0.2) is 22.7 Å². The van der Waals surface area contributed by atoms with Gasteiger partial charge in [-0.25, -0.2) is 0 Å². The Morgan fingerprint density at radius 1 is 1.24 bits per heavy atom. The number of hydrogen-bond donors (Lipinski definition) is 1. The third-order valence-corrected chi connectivity index (χ3v) is 4.70. The van der Waals surface area contributed by atoms with Crippen LogP contribution in [0.4, 0.5) is 5.69 Å². The summed E-state index contributed by atoms with van der Waals surface area (Å²) in [7, 11) is 0. The predicted octanol–water partition coefficient (Wildman–Crippen LogP) is 4.96. The maximum absolute atomic E-state index is 3.62. The maximum Gasteiger partial charge on any atom is 0.0412 e. The van der Waals surface area contributed by atoms with Gasteiger partial charge in [-0.2, -0.15) is 0 Å². The average Bonchev–Trinajstić information content (AvgIpc) is 2.61. The topological polar surface area (TPSA) is 15.3 Å². The molecule has 0 spiro atoms. The van der Waals surface area contributed by atoms with Crippen molar-refractivity contribution in [2.24, 2.45) is 5.92 Å². The van der Waals surface area contributed by atoms with Gasteiger partial charge in [-0.1, -0.05) is 22.9 Å². The van der Waals surface area contributed by atoms with E-state index in [2.05, 4.69) is 72.0 Å². The molecule has 1 atom stereocenters. The zero-order chi connectivity index (χ0) is 15.5. The molecule has 1 unspecified atom stereocenters. The second kappa shape index (κ2) is 7.15. The van der Waals surface area contributed by atoms with E-state index in [1.54, 1.807) is 0 Å². The van der Waals surface area contributed by atoms with Crippen LogP contribution in [0.5, 0.6) is 0 Å². The molecule has 0 aliphatic carbocycles. The van der Waals surface area contributed by atoms with E-state index in [0.717, 1.165) is 12.5 Å². The van der Waals surface area contributed by atoms with Crippen LogP contribution in [0.1, 0.15) is 52.5 Å². The number of nitrogens with one attached hydrogen (secondary N) is 1.